The Morgan fingerprint density at radius 2 is 1.45 bits per heavy atom. The largest absolute Gasteiger partial charge is 0.335 e. The Kier molecular flexibility index (Phi) is 8.86. The van der Waals surface area contributed by atoms with Crippen molar-refractivity contribution in [3.63, 3.8) is 0 Å². The molecule has 0 unspecified atom stereocenters. The monoisotopic (exact) mass is 479 g/mol. The minimum Gasteiger partial charge on any atom is -0.335 e. The Hall–Kier alpha value is -2.01. The molecular weight excluding hydrogens is 442 g/mol. The van der Waals surface area contributed by atoms with Gasteiger partial charge in [0.15, 0.2) is 0 Å². The molecule has 2 saturated heterocycles. The van der Waals surface area contributed by atoms with Gasteiger partial charge in [0.2, 0.25) is 11.8 Å². The predicted molar refractivity (Wildman–Crippen MR) is 129 cm³/mol. The van der Waals surface area contributed by atoms with Crippen molar-refractivity contribution in [2.24, 2.45) is 0 Å². The second-order valence-electron chi connectivity index (χ2n) is 9.06. The van der Waals surface area contributed by atoms with Gasteiger partial charge in [-0.1, -0.05) is 31.0 Å². The zero-order valence-corrected chi connectivity index (χ0v) is 20.9. The van der Waals surface area contributed by atoms with Gasteiger partial charge >= 0.3 is 0 Å². The highest BCUT2D eigenvalue weighted by Crippen LogP contribution is 2.20. The molecule has 0 saturated carbocycles. The van der Waals surface area contributed by atoms with Gasteiger partial charge in [0.05, 0.1) is 13.1 Å². The van der Waals surface area contributed by atoms with Gasteiger partial charge in [-0.05, 0) is 37.8 Å². The van der Waals surface area contributed by atoms with Gasteiger partial charge in [0.1, 0.15) is 0 Å². The molecule has 1 aromatic rings. The van der Waals surface area contributed by atoms with Crippen LogP contribution in [0, 0.1) is 13.8 Å². The molecule has 0 bridgehead atoms. The number of amides is 2. The number of benzene rings is 1. The Balaban J connectivity index is 1.46. The number of hydrogen-bond donors (Lipinski definition) is 1. The molecular formula is C23H37N5O4S. The van der Waals surface area contributed by atoms with Gasteiger partial charge in [0.25, 0.3) is 10.2 Å². The summed E-state index contributed by atoms with van der Waals surface area (Å²) in [6.07, 6.45) is 3.99. The molecule has 2 aliphatic heterocycles. The Morgan fingerprint density at radius 1 is 0.909 bits per heavy atom. The van der Waals surface area contributed by atoms with Crippen LogP contribution >= 0.6 is 0 Å². The lowest BCUT2D eigenvalue weighted by Gasteiger charge is -2.36. The van der Waals surface area contributed by atoms with Crippen LogP contribution in [0.5, 0.6) is 0 Å². The van der Waals surface area contributed by atoms with Crippen LogP contribution in [-0.2, 0) is 19.8 Å². The number of anilines is 1. The SMILES string of the molecule is Cc1cccc(C)c1NC(=O)CN(C)C(=O)CN1CCN(S(=O)(=O)N2CCCCCC2)CC1. The van der Waals surface area contributed by atoms with Crippen LogP contribution in [0.25, 0.3) is 0 Å². The van der Waals surface area contributed by atoms with Crippen LogP contribution < -0.4 is 5.32 Å². The summed E-state index contributed by atoms with van der Waals surface area (Å²) < 4.78 is 29.1. The lowest BCUT2D eigenvalue weighted by atomic mass is 10.1. The highest BCUT2D eigenvalue weighted by atomic mass is 32.2. The summed E-state index contributed by atoms with van der Waals surface area (Å²) in [6, 6.07) is 5.81. The number of nitrogens with one attached hydrogen (secondary N) is 1. The van der Waals surface area contributed by atoms with E-state index in [4.69, 9.17) is 0 Å². The third-order valence-electron chi connectivity index (χ3n) is 6.46. The molecule has 3 rings (SSSR count). The molecule has 33 heavy (non-hydrogen) atoms. The molecule has 0 radical (unpaired) electrons. The Bertz CT molecular complexity index is 916. The molecule has 2 heterocycles. The maximum absolute atomic E-state index is 13.0. The average Bonchev–Trinajstić information content (AvgIpc) is 3.07. The topological polar surface area (TPSA) is 93.3 Å². The zero-order chi connectivity index (χ0) is 24.0. The van der Waals surface area contributed by atoms with Crippen LogP contribution in [0.1, 0.15) is 36.8 Å². The number of para-hydroxylation sites is 1. The van der Waals surface area contributed by atoms with E-state index in [1.54, 1.807) is 15.7 Å². The van der Waals surface area contributed by atoms with E-state index < -0.39 is 10.2 Å². The van der Waals surface area contributed by atoms with Crippen molar-refractivity contribution in [3.8, 4) is 0 Å². The first-order valence-electron chi connectivity index (χ1n) is 11.8. The maximum Gasteiger partial charge on any atom is 0.282 e. The highest BCUT2D eigenvalue weighted by Gasteiger charge is 2.33. The summed E-state index contributed by atoms with van der Waals surface area (Å²) in [6.45, 7) is 6.95. The lowest BCUT2D eigenvalue weighted by Crippen LogP contribution is -2.54. The first-order chi connectivity index (χ1) is 15.7. The van der Waals surface area contributed by atoms with Crippen molar-refractivity contribution in [1.29, 1.82) is 0 Å². The minimum absolute atomic E-state index is 0.0318. The van der Waals surface area contributed by atoms with Crippen LogP contribution in [-0.4, -0.2) is 98.0 Å². The average molecular weight is 480 g/mol. The first-order valence-corrected chi connectivity index (χ1v) is 13.2. The fourth-order valence-corrected chi connectivity index (χ4v) is 6.03. The summed E-state index contributed by atoms with van der Waals surface area (Å²) in [4.78, 5) is 28.5. The van der Waals surface area contributed by atoms with E-state index in [1.165, 1.54) is 4.90 Å². The fraction of sp³-hybridized carbons (Fsp3) is 0.652. The Labute approximate surface area is 197 Å². The molecule has 2 aliphatic rings. The number of aryl methyl sites for hydroxylation is 2. The van der Waals surface area contributed by atoms with Crippen molar-refractivity contribution in [2.45, 2.75) is 39.5 Å². The number of carbonyl (C=O) groups excluding carboxylic acids is 2. The van der Waals surface area contributed by atoms with Gasteiger partial charge in [-0.15, -0.1) is 0 Å². The molecule has 0 spiro atoms. The third-order valence-corrected chi connectivity index (χ3v) is 8.50. The van der Waals surface area contributed by atoms with E-state index in [0.717, 1.165) is 42.5 Å². The standard InChI is InChI=1S/C23H37N5O4S/c1-19-9-8-10-20(2)23(19)24-21(29)17-25(3)22(30)18-26-13-15-28(16-14-26)33(31,32)27-11-6-4-5-7-12-27/h8-10H,4-7,11-18H2,1-3H3,(H,24,29). The molecule has 0 atom stereocenters. The number of likely N-dealkylation sites (N-methyl/N-ethyl adjacent to an activating group) is 1. The zero-order valence-electron chi connectivity index (χ0n) is 20.0. The molecule has 1 aromatic carbocycles. The van der Waals surface area contributed by atoms with Crippen LogP contribution in [0.2, 0.25) is 0 Å². The molecule has 0 aromatic heterocycles. The van der Waals surface area contributed by atoms with Crippen molar-refractivity contribution in [1.82, 2.24) is 18.4 Å². The number of hydrogen-bond acceptors (Lipinski definition) is 5. The highest BCUT2D eigenvalue weighted by molar-refractivity contribution is 7.86. The van der Waals surface area contributed by atoms with Crippen molar-refractivity contribution in [3.05, 3.63) is 29.3 Å². The van der Waals surface area contributed by atoms with Crippen molar-refractivity contribution in [2.75, 3.05) is 64.7 Å². The smallest absolute Gasteiger partial charge is 0.282 e. The second kappa shape index (κ2) is 11.4. The van der Waals surface area contributed by atoms with Gasteiger partial charge < -0.3 is 10.2 Å². The van der Waals surface area contributed by atoms with Gasteiger partial charge in [-0.2, -0.15) is 17.0 Å². The molecule has 184 valence electrons. The first kappa shape index (κ1) is 25.6. The number of carbonyl (C=O) groups is 2. The van der Waals surface area contributed by atoms with Crippen LogP contribution in [0.4, 0.5) is 5.69 Å². The second-order valence-corrected chi connectivity index (χ2v) is 11.0. The molecule has 10 heteroatoms. The lowest BCUT2D eigenvalue weighted by molar-refractivity contribution is -0.134. The van der Waals surface area contributed by atoms with E-state index in [2.05, 4.69) is 5.32 Å². The quantitative estimate of drug-likeness (QED) is 0.639. The third kappa shape index (κ3) is 6.75. The van der Waals surface area contributed by atoms with Crippen molar-refractivity contribution < 1.29 is 18.0 Å². The maximum atomic E-state index is 13.0. The van der Waals surface area contributed by atoms with E-state index in [-0.39, 0.29) is 24.9 Å². The van der Waals surface area contributed by atoms with Gasteiger partial charge in [0, 0.05) is 52.0 Å². The van der Waals surface area contributed by atoms with E-state index in [0.29, 0.717) is 39.3 Å². The number of piperazine rings is 1. The minimum atomic E-state index is -3.44. The van der Waals surface area contributed by atoms with Crippen molar-refractivity contribution >= 4 is 27.7 Å². The van der Waals surface area contributed by atoms with Crippen LogP contribution in [0.3, 0.4) is 0 Å². The molecule has 2 amide bonds. The number of rotatable bonds is 7. The predicted octanol–water partition coefficient (Wildman–Crippen LogP) is 1.44. The summed E-state index contributed by atoms with van der Waals surface area (Å²) in [7, 11) is -1.82. The molecule has 0 aliphatic carbocycles. The van der Waals surface area contributed by atoms with Gasteiger partial charge in [-0.3, -0.25) is 14.5 Å². The summed E-state index contributed by atoms with van der Waals surface area (Å²) in [5, 5.41) is 2.90. The van der Waals surface area contributed by atoms with E-state index in [9.17, 15) is 18.0 Å². The van der Waals surface area contributed by atoms with Gasteiger partial charge in [-0.25, -0.2) is 0 Å². The molecule has 9 nitrogen and oxygen atoms in total. The van der Waals surface area contributed by atoms with E-state index in [1.807, 2.05) is 36.9 Å². The Morgan fingerprint density at radius 3 is 2.03 bits per heavy atom. The fourth-order valence-electron chi connectivity index (χ4n) is 4.36. The molecule has 2 fully saturated rings. The summed E-state index contributed by atoms with van der Waals surface area (Å²) in [5.41, 5.74) is 2.74. The van der Waals surface area contributed by atoms with Crippen LogP contribution in [0.15, 0.2) is 18.2 Å². The number of nitrogens with zero attached hydrogens (tertiary/aromatic N) is 4. The molecule has 1 N–H and O–H groups in total. The summed E-state index contributed by atoms with van der Waals surface area (Å²) >= 11 is 0. The normalized spacial score (nSPS) is 19.1. The summed E-state index contributed by atoms with van der Waals surface area (Å²) in [5.74, 6) is -0.396. The van der Waals surface area contributed by atoms with E-state index >= 15 is 0 Å².